The molecule has 1 rings (SSSR count). The van der Waals surface area contributed by atoms with Gasteiger partial charge in [-0.3, -0.25) is 9.89 Å². The van der Waals surface area contributed by atoms with Crippen molar-refractivity contribution >= 4 is 6.21 Å². The molecule has 0 bridgehead atoms. The summed E-state index contributed by atoms with van der Waals surface area (Å²) in [6.07, 6.45) is 8.23. The van der Waals surface area contributed by atoms with E-state index in [4.69, 9.17) is 0 Å². The number of hydrogen-bond donors (Lipinski definition) is 0. The minimum absolute atomic E-state index is 0.601. The van der Waals surface area contributed by atoms with E-state index in [-0.39, 0.29) is 0 Å². The minimum atomic E-state index is 0.601. The van der Waals surface area contributed by atoms with Crippen LogP contribution in [0.2, 0.25) is 0 Å². The van der Waals surface area contributed by atoms with Gasteiger partial charge in [0.05, 0.1) is 0 Å². The summed E-state index contributed by atoms with van der Waals surface area (Å²) < 4.78 is 0. The van der Waals surface area contributed by atoms with Crippen molar-refractivity contribution in [2.24, 2.45) is 4.99 Å². The third kappa shape index (κ3) is 2.95. The van der Waals surface area contributed by atoms with Crippen molar-refractivity contribution in [3.05, 3.63) is 11.6 Å². The molecule has 1 saturated heterocycles. The molecule has 0 aromatic heterocycles. The van der Waals surface area contributed by atoms with E-state index < -0.39 is 0 Å². The molecule has 0 aromatic rings. The average Bonchev–Trinajstić information content (AvgIpc) is 2.21. The Morgan fingerprint density at radius 2 is 2.29 bits per heavy atom. The number of allylic oxidation sites excluding steroid dienone is 1. The van der Waals surface area contributed by atoms with Crippen LogP contribution in [0.5, 0.6) is 0 Å². The van der Waals surface area contributed by atoms with Crippen LogP contribution in [-0.4, -0.2) is 37.3 Å². The zero-order valence-corrected chi connectivity index (χ0v) is 9.66. The predicted octanol–water partition coefficient (Wildman–Crippen LogP) is 2.51. The summed E-state index contributed by atoms with van der Waals surface area (Å²) in [6.45, 7) is 6.30. The van der Waals surface area contributed by atoms with Crippen molar-refractivity contribution in [3.8, 4) is 0 Å². The largest absolute Gasteiger partial charge is 0.299 e. The Morgan fingerprint density at radius 3 is 2.86 bits per heavy atom. The van der Waals surface area contributed by atoms with Crippen LogP contribution >= 0.6 is 0 Å². The molecule has 80 valence electrons. The van der Waals surface area contributed by atoms with Crippen molar-refractivity contribution in [3.63, 3.8) is 0 Å². The molecule has 2 nitrogen and oxygen atoms in total. The van der Waals surface area contributed by atoms with E-state index >= 15 is 0 Å². The van der Waals surface area contributed by atoms with E-state index in [2.05, 4.69) is 36.9 Å². The van der Waals surface area contributed by atoms with Gasteiger partial charge >= 0.3 is 0 Å². The Labute approximate surface area is 87.7 Å². The first-order chi connectivity index (χ1) is 6.79. The number of likely N-dealkylation sites (N-methyl/N-ethyl adjacent to an activating group) is 1. The number of rotatable bonds is 3. The normalized spacial score (nSPS) is 25.9. The molecular weight excluding hydrogens is 172 g/mol. The zero-order chi connectivity index (χ0) is 10.4. The van der Waals surface area contributed by atoms with Gasteiger partial charge < -0.3 is 0 Å². The van der Waals surface area contributed by atoms with E-state index in [0.717, 1.165) is 6.54 Å². The lowest BCUT2D eigenvalue weighted by molar-refractivity contribution is 0.217. The summed E-state index contributed by atoms with van der Waals surface area (Å²) in [7, 11) is 2.22. The van der Waals surface area contributed by atoms with Crippen LogP contribution in [0.3, 0.4) is 0 Å². The van der Waals surface area contributed by atoms with Crippen molar-refractivity contribution in [2.45, 2.75) is 39.2 Å². The lowest BCUT2D eigenvalue weighted by Crippen LogP contribution is -2.37. The highest BCUT2D eigenvalue weighted by Gasteiger charge is 2.20. The summed E-state index contributed by atoms with van der Waals surface area (Å²) in [4.78, 5) is 6.78. The number of piperidine rings is 1. The lowest BCUT2D eigenvalue weighted by Gasteiger charge is -2.33. The summed E-state index contributed by atoms with van der Waals surface area (Å²) in [5.41, 5.74) is 1.38. The number of hydrogen-bond acceptors (Lipinski definition) is 2. The average molecular weight is 194 g/mol. The molecule has 0 saturated carbocycles. The molecule has 1 unspecified atom stereocenters. The van der Waals surface area contributed by atoms with Crippen LogP contribution in [0.4, 0.5) is 0 Å². The van der Waals surface area contributed by atoms with Crippen molar-refractivity contribution < 1.29 is 0 Å². The first-order valence-electron chi connectivity index (χ1n) is 5.65. The topological polar surface area (TPSA) is 15.6 Å². The second kappa shape index (κ2) is 5.97. The molecule has 14 heavy (non-hydrogen) atoms. The van der Waals surface area contributed by atoms with Gasteiger partial charge in [-0.05, 0) is 45.9 Å². The van der Waals surface area contributed by atoms with Crippen molar-refractivity contribution in [1.82, 2.24) is 4.90 Å². The maximum atomic E-state index is 4.33. The highest BCUT2D eigenvalue weighted by atomic mass is 15.1. The first kappa shape index (κ1) is 11.4. The van der Waals surface area contributed by atoms with Gasteiger partial charge in [0, 0.05) is 18.8 Å². The van der Waals surface area contributed by atoms with Crippen LogP contribution in [0, 0.1) is 0 Å². The van der Waals surface area contributed by atoms with Gasteiger partial charge in [0.25, 0.3) is 0 Å². The Kier molecular flexibility index (Phi) is 4.88. The van der Waals surface area contributed by atoms with Crippen LogP contribution in [0.15, 0.2) is 16.6 Å². The third-order valence-corrected chi connectivity index (χ3v) is 2.91. The Bertz CT molecular complexity index is 218. The maximum Gasteiger partial charge on any atom is 0.0361 e. The van der Waals surface area contributed by atoms with Crippen molar-refractivity contribution in [2.75, 3.05) is 20.1 Å². The quantitative estimate of drug-likeness (QED) is 0.630. The van der Waals surface area contributed by atoms with Gasteiger partial charge in [-0.15, -0.1) is 0 Å². The molecule has 0 N–H and O–H groups in total. The molecule has 0 aromatic carbocycles. The second-order valence-electron chi connectivity index (χ2n) is 3.91. The number of likely N-dealkylation sites (tertiary alicyclic amines) is 1. The minimum Gasteiger partial charge on any atom is -0.299 e. The van der Waals surface area contributed by atoms with Gasteiger partial charge in [0.1, 0.15) is 0 Å². The van der Waals surface area contributed by atoms with Gasteiger partial charge in [0.15, 0.2) is 0 Å². The first-order valence-corrected chi connectivity index (χ1v) is 5.65. The Balaban J connectivity index is 2.63. The van der Waals surface area contributed by atoms with E-state index in [1.165, 1.54) is 31.4 Å². The molecule has 0 spiro atoms. The summed E-state index contributed by atoms with van der Waals surface area (Å²) in [5, 5.41) is 0. The fourth-order valence-corrected chi connectivity index (χ4v) is 2.05. The SMILES string of the molecule is C/C=C(\C=NCC)C1CCCCN1C. The zero-order valence-electron chi connectivity index (χ0n) is 9.66. The van der Waals surface area contributed by atoms with Gasteiger partial charge in [-0.1, -0.05) is 12.5 Å². The fourth-order valence-electron chi connectivity index (χ4n) is 2.05. The number of nitrogens with zero attached hydrogens (tertiary/aromatic N) is 2. The molecule has 1 fully saturated rings. The molecule has 1 aliphatic rings. The predicted molar refractivity (Wildman–Crippen MR) is 63.1 cm³/mol. The van der Waals surface area contributed by atoms with Crippen LogP contribution in [0.1, 0.15) is 33.1 Å². The second-order valence-corrected chi connectivity index (χ2v) is 3.91. The van der Waals surface area contributed by atoms with Crippen LogP contribution in [-0.2, 0) is 0 Å². The third-order valence-electron chi connectivity index (χ3n) is 2.91. The maximum absolute atomic E-state index is 4.33. The van der Waals surface area contributed by atoms with Gasteiger partial charge in [0.2, 0.25) is 0 Å². The van der Waals surface area contributed by atoms with Gasteiger partial charge in [-0.25, -0.2) is 0 Å². The monoisotopic (exact) mass is 194 g/mol. The molecule has 0 aliphatic carbocycles. The molecule has 1 atom stereocenters. The van der Waals surface area contributed by atoms with E-state index in [0.29, 0.717) is 6.04 Å². The number of aliphatic imine (C=N–C) groups is 1. The lowest BCUT2D eigenvalue weighted by atomic mass is 9.96. The highest BCUT2D eigenvalue weighted by molar-refractivity contribution is 5.80. The van der Waals surface area contributed by atoms with E-state index in [9.17, 15) is 0 Å². The summed E-state index contributed by atoms with van der Waals surface area (Å²) in [5.74, 6) is 0. The van der Waals surface area contributed by atoms with Gasteiger partial charge in [-0.2, -0.15) is 0 Å². The molecule has 1 aliphatic heterocycles. The van der Waals surface area contributed by atoms with Crippen LogP contribution in [0.25, 0.3) is 0 Å². The molecule has 0 amide bonds. The standard InChI is InChI=1S/C12H22N2/c1-4-11(10-13-5-2)12-8-6-7-9-14(12)3/h4,10,12H,5-9H2,1-3H3/b11-4+,13-10?. The molecule has 0 radical (unpaired) electrons. The fraction of sp³-hybridized carbons (Fsp3) is 0.750. The van der Waals surface area contributed by atoms with E-state index in [1.54, 1.807) is 0 Å². The molecule has 1 heterocycles. The van der Waals surface area contributed by atoms with Crippen LogP contribution < -0.4 is 0 Å². The highest BCUT2D eigenvalue weighted by Crippen LogP contribution is 2.20. The Morgan fingerprint density at radius 1 is 1.50 bits per heavy atom. The summed E-state index contributed by atoms with van der Waals surface area (Å²) in [6, 6.07) is 0.601. The van der Waals surface area contributed by atoms with Crippen molar-refractivity contribution in [1.29, 1.82) is 0 Å². The Hall–Kier alpha value is -0.630. The molecule has 2 heteroatoms. The van der Waals surface area contributed by atoms with E-state index in [1.807, 2.05) is 6.21 Å². The summed E-state index contributed by atoms with van der Waals surface area (Å²) >= 11 is 0. The smallest absolute Gasteiger partial charge is 0.0361 e. The molecular formula is C12H22N2.